The van der Waals surface area contributed by atoms with Gasteiger partial charge < -0.3 is 15.5 Å². The normalized spacial score (nSPS) is 14.1. The van der Waals surface area contributed by atoms with Gasteiger partial charge in [-0.25, -0.2) is 4.79 Å². The Hall–Kier alpha value is -2.57. The standard InChI is InChI=1S/C20H21NO4S/c1-13(17(22)15-10-6-3-7-11-15)19(26)21-16(18(23)20(24)25)12-14-8-4-2-5-9-14/h2-11,13,16,18,23H,12H2,1H3,(H,21,26)(H,24,25)/t13?,16-,18+/m1/s1. The van der Waals surface area contributed by atoms with Crippen LogP contribution in [0.1, 0.15) is 22.8 Å². The molecule has 26 heavy (non-hydrogen) atoms. The van der Waals surface area contributed by atoms with Crippen molar-refractivity contribution >= 4 is 29.0 Å². The van der Waals surface area contributed by atoms with Gasteiger partial charge in [-0.15, -0.1) is 0 Å². The maximum atomic E-state index is 12.5. The van der Waals surface area contributed by atoms with E-state index in [0.29, 0.717) is 5.56 Å². The quantitative estimate of drug-likeness (QED) is 0.488. The number of aliphatic hydroxyl groups excluding tert-OH is 1. The minimum Gasteiger partial charge on any atom is -0.479 e. The second-order valence-corrected chi connectivity index (χ2v) is 6.48. The summed E-state index contributed by atoms with van der Waals surface area (Å²) in [5.74, 6) is -2.14. The van der Waals surface area contributed by atoms with E-state index in [1.807, 2.05) is 36.4 Å². The lowest BCUT2D eigenvalue weighted by atomic mass is 9.97. The third-order valence-corrected chi connectivity index (χ3v) is 4.58. The first-order valence-corrected chi connectivity index (χ1v) is 8.65. The van der Waals surface area contributed by atoms with Gasteiger partial charge in [-0.05, 0) is 18.9 Å². The van der Waals surface area contributed by atoms with Crippen molar-refractivity contribution in [2.24, 2.45) is 5.92 Å². The molecule has 1 unspecified atom stereocenters. The lowest BCUT2D eigenvalue weighted by Crippen LogP contribution is -2.49. The highest BCUT2D eigenvalue weighted by Crippen LogP contribution is 2.13. The predicted molar refractivity (Wildman–Crippen MR) is 103 cm³/mol. The summed E-state index contributed by atoms with van der Waals surface area (Å²) in [5.41, 5.74) is 1.39. The number of carbonyl (C=O) groups is 2. The largest absolute Gasteiger partial charge is 0.479 e. The Morgan fingerprint density at radius 2 is 1.58 bits per heavy atom. The smallest absolute Gasteiger partial charge is 0.334 e. The first-order chi connectivity index (χ1) is 12.4. The molecule has 136 valence electrons. The van der Waals surface area contributed by atoms with Crippen LogP contribution in [-0.2, 0) is 11.2 Å². The van der Waals surface area contributed by atoms with Crippen molar-refractivity contribution in [3.8, 4) is 0 Å². The number of carboxylic acid groups (broad SMARTS) is 1. The summed E-state index contributed by atoms with van der Waals surface area (Å²) in [5, 5.41) is 22.1. The fourth-order valence-corrected chi connectivity index (χ4v) is 2.82. The van der Waals surface area contributed by atoms with Crippen molar-refractivity contribution in [2.45, 2.75) is 25.5 Å². The number of Topliss-reactive ketones (excluding diaryl/α,β-unsaturated/α-hetero) is 1. The molecule has 0 fully saturated rings. The van der Waals surface area contributed by atoms with Crippen LogP contribution >= 0.6 is 12.2 Å². The molecule has 0 spiro atoms. The summed E-state index contributed by atoms with van der Waals surface area (Å²) in [6, 6.07) is 17.1. The van der Waals surface area contributed by atoms with Gasteiger partial charge in [0.2, 0.25) is 0 Å². The topological polar surface area (TPSA) is 86.6 Å². The summed E-state index contributed by atoms with van der Waals surface area (Å²) in [6.45, 7) is 1.66. The number of carboxylic acids is 1. The lowest BCUT2D eigenvalue weighted by Gasteiger charge is -2.25. The Balaban J connectivity index is 2.12. The SMILES string of the molecule is CC(C(=O)c1ccccc1)C(=S)N[C@H](Cc1ccccc1)[C@H](O)C(=O)O. The molecule has 2 rings (SSSR count). The third-order valence-electron chi connectivity index (χ3n) is 4.11. The maximum Gasteiger partial charge on any atom is 0.334 e. The number of thiocarbonyl (C=S) groups is 1. The number of benzene rings is 2. The number of aliphatic carboxylic acids is 1. The molecule has 0 aliphatic heterocycles. The molecule has 6 heteroatoms. The first-order valence-electron chi connectivity index (χ1n) is 8.24. The van der Waals surface area contributed by atoms with Gasteiger partial charge >= 0.3 is 5.97 Å². The maximum absolute atomic E-state index is 12.5. The van der Waals surface area contributed by atoms with E-state index >= 15 is 0 Å². The fourth-order valence-electron chi connectivity index (χ4n) is 2.56. The molecule has 0 aliphatic carbocycles. The monoisotopic (exact) mass is 371 g/mol. The van der Waals surface area contributed by atoms with Crippen molar-refractivity contribution in [1.29, 1.82) is 0 Å². The zero-order valence-corrected chi connectivity index (χ0v) is 15.1. The Bertz CT molecular complexity index is 764. The molecule has 3 atom stereocenters. The molecule has 0 amide bonds. The van der Waals surface area contributed by atoms with E-state index in [0.717, 1.165) is 5.56 Å². The molecule has 0 aliphatic rings. The molecule has 5 nitrogen and oxygen atoms in total. The highest BCUT2D eigenvalue weighted by atomic mass is 32.1. The van der Waals surface area contributed by atoms with E-state index < -0.39 is 24.0 Å². The van der Waals surface area contributed by atoms with Crippen molar-refractivity contribution < 1.29 is 19.8 Å². The van der Waals surface area contributed by atoms with Gasteiger partial charge in [0, 0.05) is 5.56 Å². The Morgan fingerprint density at radius 1 is 1.04 bits per heavy atom. The van der Waals surface area contributed by atoms with Crippen LogP contribution in [0.2, 0.25) is 0 Å². The van der Waals surface area contributed by atoms with E-state index in [9.17, 15) is 14.7 Å². The second-order valence-electron chi connectivity index (χ2n) is 6.04. The van der Waals surface area contributed by atoms with Gasteiger partial charge in [-0.3, -0.25) is 4.79 Å². The number of carbonyl (C=O) groups excluding carboxylic acids is 1. The van der Waals surface area contributed by atoms with E-state index in [2.05, 4.69) is 5.32 Å². The number of hydrogen-bond donors (Lipinski definition) is 3. The van der Waals surface area contributed by atoms with E-state index in [1.165, 1.54) is 0 Å². The number of hydrogen-bond acceptors (Lipinski definition) is 4. The zero-order chi connectivity index (χ0) is 19.1. The third kappa shape index (κ3) is 5.21. The van der Waals surface area contributed by atoms with Crippen molar-refractivity contribution in [3.63, 3.8) is 0 Å². The van der Waals surface area contributed by atoms with Crippen LogP contribution in [0.4, 0.5) is 0 Å². The molecule has 0 aromatic heterocycles. The van der Waals surface area contributed by atoms with Gasteiger partial charge in [-0.2, -0.15) is 0 Å². The molecule has 0 radical (unpaired) electrons. The highest BCUT2D eigenvalue weighted by molar-refractivity contribution is 7.80. The lowest BCUT2D eigenvalue weighted by molar-refractivity contribution is -0.147. The average molecular weight is 371 g/mol. The van der Waals surface area contributed by atoms with Crippen LogP contribution in [0, 0.1) is 5.92 Å². The van der Waals surface area contributed by atoms with Crippen molar-refractivity contribution in [1.82, 2.24) is 5.32 Å². The van der Waals surface area contributed by atoms with Gasteiger partial charge in [-0.1, -0.05) is 72.9 Å². The van der Waals surface area contributed by atoms with E-state index in [-0.39, 0.29) is 17.2 Å². The van der Waals surface area contributed by atoms with Crippen molar-refractivity contribution in [3.05, 3.63) is 71.8 Å². The summed E-state index contributed by atoms with van der Waals surface area (Å²) < 4.78 is 0. The van der Waals surface area contributed by atoms with Crippen LogP contribution in [0.25, 0.3) is 0 Å². The predicted octanol–water partition coefficient (Wildman–Crippen LogP) is 2.48. The van der Waals surface area contributed by atoms with Crippen LogP contribution in [0.3, 0.4) is 0 Å². The first kappa shape index (κ1) is 19.8. The molecule has 2 aromatic rings. The van der Waals surface area contributed by atoms with Gasteiger partial charge in [0.05, 0.1) is 16.9 Å². The van der Waals surface area contributed by atoms with E-state index in [4.69, 9.17) is 17.3 Å². The summed E-state index contributed by atoms with van der Waals surface area (Å²) in [4.78, 5) is 24.0. The number of ketones is 1. The van der Waals surface area contributed by atoms with Gasteiger partial charge in [0.25, 0.3) is 0 Å². The van der Waals surface area contributed by atoms with Gasteiger partial charge in [0.1, 0.15) is 0 Å². The van der Waals surface area contributed by atoms with Crippen LogP contribution < -0.4 is 5.32 Å². The minimum atomic E-state index is -1.65. The van der Waals surface area contributed by atoms with Crippen molar-refractivity contribution in [2.75, 3.05) is 0 Å². The van der Waals surface area contributed by atoms with Gasteiger partial charge in [0.15, 0.2) is 11.9 Å². The Labute approximate surface area is 157 Å². The second kappa shape index (κ2) is 9.22. The Morgan fingerprint density at radius 3 is 2.12 bits per heavy atom. The molecular formula is C20H21NO4S. The van der Waals surface area contributed by atoms with Crippen LogP contribution in [-0.4, -0.2) is 39.1 Å². The molecule has 0 heterocycles. The summed E-state index contributed by atoms with van der Waals surface area (Å²) >= 11 is 5.32. The number of rotatable bonds is 8. The van der Waals surface area contributed by atoms with E-state index in [1.54, 1.807) is 31.2 Å². The minimum absolute atomic E-state index is 0.161. The summed E-state index contributed by atoms with van der Waals surface area (Å²) in [6.07, 6.45) is -1.38. The van der Waals surface area contributed by atoms with Crippen LogP contribution in [0.5, 0.6) is 0 Å². The fraction of sp³-hybridized carbons (Fsp3) is 0.250. The number of aliphatic hydroxyl groups is 1. The molecule has 0 saturated heterocycles. The molecule has 0 bridgehead atoms. The number of nitrogens with one attached hydrogen (secondary N) is 1. The van der Waals surface area contributed by atoms with Crippen LogP contribution in [0.15, 0.2) is 60.7 Å². The molecule has 3 N–H and O–H groups in total. The molecule has 0 saturated carbocycles. The molecule has 2 aromatic carbocycles. The Kier molecular flexibility index (Phi) is 7.00. The average Bonchev–Trinajstić information content (AvgIpc) is 2.67. The molecular weight excluding hydrogens is 350 g/mol. The summed E-state index contributed by atoms with van der Waals surface area (Å²) in [7, 11) is 0. The zero-order valence-electron chi connectivity index (χ0n) is 14.3. The highest BCUT2D eigenvalue weighted by Gasteiger charge is 2.29.